The van der Waals surface area contributed by atoms with Crippen molar-refractivity contribution in [3.63, 3.8) is 0 Å². The number of hydrogen-bond donors (Lipinski definition) is 2. The highest BCUT2D eigenvalue weighted by Gasteiger charge is 2.22. The molecule has 3 N–H and O–H groups in total. The Morgan fingerprint density at radius 2 is 2.10 bits per heavy atom. The molecule has 1 atom stereocenters. The van der Waals surface area contributed by atoms with Crippen molar-refractivity contribution in [3.8, 4) is 0 Å². The van der Waals surface area contributed by atoms with Crippen molar-refractivity contribution in [2.45, 2.75) is 43.0 Å². The Balaban J connectivity index is 1.65. The number of para-hydroxylation sites is 1. The van der Waals surface area contributed by atoms with E-state index in [0.29, 0.717) is 17.5 Å². The van der Waals surface area contributed by atoms with Gasteiger partial charge in [-0.05, 0) is 29.3 Å². The zero-order chi connectivity index (χ0) is 14.7. The van der Waals surface area contributed by atoms with E-state index in [-0.39, 0.29) is 0 Å². The Morgan fingerprint density at radius 3 is 2.86 bits per heavy atom. The van der Waals surface area contributed by atoms with E-state index in [1.54, 1.807) is 6.07 Å². The summed E-state index contributed by atoms with van der Waals surface area (Å²) in [5.74, 6) is 0.487. The molecule has 1 unspecified atom stereocenters. The van der Waals surface area contributed by atoms with Gasteiger partial charge in [0.1, 0.15) is 0 Å². The second-order valence-corrected chi connectivity index (χ2v) is 6.29. The van der Waals surface area contributed by atoms with Crippen LogP contribution in [0.15, 0.2) is 29.4 Å². The number of aliphatic hydroxyl groups is 1. The van der Waals surface area contributed by atoms with Gasteiger partial charge in [0.05, 0.1) is 12.1 Å². The quantitative estimate of drug-likeness (QED) is 0.650. The molecule has 1 heterocycles. The third kappa shape index (κ3) is 3.19. The molecular weight excluding hydrogens is 286 g/mol. The zero-order valence-corrected chi connectivity index (χ0v) is 12.5. The summed E-state index contributed by atoms with van der Waals surface area (Å²) < 4.78 is 1.90. The normalized spacial score (nSPS) is 17.2. The molecule has 6 nitrogen and oxygen atoms in total. The summed E-state index contributed by atoms with van der Waals surface area (Å²) in [6.45, 7) is 0. The number of tetrazole rings is 1. The van der Waals surface area contributed by atoms with Crippen molar-refractivity contribution in [2.75, 3.05) is 11.5 Å². The van der Waals surface area contributed by atoms with E-state index < -0.39 is 6.10 Å². The molecule has 112 valence electrons. The second-order valence-electron chi connectivity index (χ2n) is 5.30. The monoisotopic (exact) mass is 305 g/mol. The maximum absolute atomic E-state index is 10.3. The first-order chi connectivity index (χ1) is 10.3. The minimum Gasteiger partial charge on any atom is -0.398 e. The smallest absolute Gasteiger partial charge is 0.209 e. The van der Waals surface area contributed by atoms with Crippen molar-refractivity contribution in [3.05, 3.63) is 29.8 Å². The number of nitrogens with two attached hydrogens (primary N) is 1. The average molecular weight is 305 g/mol. The van der Waals surface area contributed by atoms with Crippen molar-refractivity contribution >= 4 is 17.4 Å². The molecule has 3 rings (SSSR count). The van der Waals surface area contributed by atoms with Gasteiger partial charge in [0.15, 0.2) is 0 Å². The molecular formula is C14H19N5OS. The van der Waals surface area contributed by atoms with Gasteiger partial charge in [0, 0.05) is 17.0 Å². The predicted octanol–water partition coefficient (Wildman–Crippen LogP) is 2.20. The standard InChI is InChI=1S/C14H19N5OS/c15-12-8-4-3-7-11(12)13(20)9-21-14-16-17-18-19(14)10-5-1-2-6-10/h3-4,7-8,10,13,20H,1-2,5-6,9,15H2. The van der Waals surface area contributed by atoms with Crippen LogP contribution in [0.1, 0.15) is 43.4 Å². The molecule has 1 saturated carbocycles. The lowest BCUT2D eigenvalue weighted by atomic mass is 10.1. The SMILES string of the molecule is Nc1ccccc1C(O)CSc1nnnn1C1CCCC1. The van der Waals surface area contributed by atoms with E-state index in [2.05, 4.69) is 15.5 Å². The van der Waals surface area contributed by atoms with Crippen molar-refractivity contribution in [2.24, 2.45) is 0 Å². The molecule has 0 bridgehead atoms. The van der Waals surface area contributed by atoms with Gasteiger partial charge >= 0.3 is 0 Å². The molecule has 1 aliphatic rings. The van der Waals surface area contributed by atoms with E-state index in [1.165, 1.54) is 24.6 Å². The molecule has 1 aliphatic carbocycles. The van der Waals surface area contributed by atoms with E-state index in [4.69, 9.17) is 5.73 Å². The number of benzene rings is 1. The van der Waals surface area contributed by atoms with Crippen LogP contribution >= 0.6 is 11.8 Å². The first kappa shape index (κ1) is 14.3. The number of thioether (sulfide) groups is 1. The Kier molecular flexibility index (Phi) is 4.40. The summed E-state index contributed by atoms with van der Waals surface area (Å²) in [6, 6.07) is 7.79. The predicted molar refractivity (Wildman–Crippen MR) is 81.9 cm³/mol. The molecule has 21 heavy (non-hydrogen) atoms. The summed E-state index contributed by atoms with van der Waals surface area (Å²) in [4.78, 5) is 0. The Hall–Kier alpha value is -1.60. The van der Waals surface area contributed by atoms with Crippen LogP contribution in [0.4, 0.5) is 5.69 Å². The first-order valence-electron chi connectivity index (χ1n) is 7.19. The third-order valence-electron chi connectivity index (χ3n) is 3.86. The Morgan fingerprint density at radius 1 is 1.33 bits per heavy atom. The molecule has 1 fully saturated rings. The van der Waals surface area contributed by atoms with Gasteiger partial charge < -0.3 is 10.8 Å². The molecule has 0 aliphatic heterocycles. The molecule has 0 saturated heterocycles. The maximum atomic E-state index is 10.3. The highest BCUT2D eigenvalue weighted by atomic mass is 32.2. The fourth-order valence-corrected chi connectivity index (χ4v) is 3.61. The van der Waals surface area contributed by atoms with Crippen molar-refractivity contribution in [1.82, 2.24) is 20.2 Å². The van der Waals surface area contributed by atoms with Crippen LogP contribution in [-0.2, 0) is 0 Å². The van der Waals surface area contributed by atoms with Crippen LogP contribution in [0.2, 0.25) is 0 Å². The molecule has 2 aromatic rings. The molecule has 0 radical (unpaired) electrons. The molecule has 1 aromatic carbocycles. The lowest BCUT2D eigenvalue weighted by Crippen LogP contribution is -2.10. The van der Waals surface area contributed by atoms with Crippen molar-refractivity contribution < 1.29 is 5.11 Å². The summed E-state index contributed by atoms with van der Waals surface area (Å²) >= 11 is 1.47. The second kappa shape index (κ2) is 6.44. The van der Waals surface area contributed by atoms with Gasteiger partial charge in [-0.1, -0.05) is 42.8 Å². The lowest BCUT2D eigenvalue weighted by Gasteiger charge is -2.14. The number of nitrogens with zero attached hydrogens (tertiary/aromatic N) is 4. The number of nitrogen functional groups attached to an aromatic ring is 1. The van der Waals surface area contributed by atoms with Crippen LogP contribution in [-0.4, -0.2) is 31.1 Å². The first-order valence-corrected chi connectivity index (χ1v) is 8.17. The van der Waals surface area contributed by atoms with Crippen LogP contribution in [0.3, 0.4) is 0 Å². The van der Waals surface area contributed by atoms with Gasteiger partial charge in [0.2, 0.25) is 5.16 Å². The number of hydrogen-bond acceptors (Lipinski definition) is 6. The Bertz CT molecular complexity index is 597. The molecule has 7 heteroatoms. The lowest BCUT2D eigenvalue weighted by molar-refractivity contribution is 0.204. The van der Waals surface area contributed by atoms with E-state index in [0.717, 1.165) is 23.6 Å². The van der Waals surface area contributed by atoms with Gasteiger partial charge in [0.25, 0.3) is 0 Å². The van der Waals surface area contributed by atoms with Crippen LogP contribution in [0, 0.1) is 0 Å². The molecule has 1 aromatic heterocycles. The van der Waals surface area contributed by atoms with Gasteiger partial charge in [-0.2, -0.15) is 0 Å². The fourth-order valence-electron chi connectivity index (χ4n) is 2.72. The van der Waals surface area contributed by atoms with E-state index >= 15 is 0 Å². The number of rotatable bonds is 5. The largest absolute Gasteiger partial charge is 0.398 e. The number of aromatic nitrogens is 4. The molecule has 0 amide bonds. The zero-order valence-electron chi connectivity index (χ0n) is 11.7. The maximum Gasteiger partial charge on any atom is 0.209 e. The minimum absolute atomic E-state index is 0.404. The Labute approximate surface area is 127 Å². The number of anilines is 1. The third-order valence-corrected chi connectivity index (χ3v) is 4.87. The minimum atomic E-state index is -0.620. The topological polar surface area (TPSA) is 89.8 Å². The fraction of sp³-hybridized carbons (Fsp3) is 0.500. The van der Waals surface area contributed by atoms with Crippen LogP contribution < -0.4 is 5.73 Å². The summed E-state index contributed by atoms with van der Waals surface area (Å²) in [6.07, 6.45) is 4.11. The van der Waals surface area contributed by atoms with Gasteiger partial charge in [-0.15, -0.1) is 5.10 Å². The summed E-state index contributed by atoms with van der Waals surface area (Å²) in [5.41, 5.74) is 7.25. The van der Waals surface area contributed by atoms with Gasteiger partial charge in [-0.25, -0.2) is 4.68 Å². The highest BCUT2D eigenvalue weighted by molar-refractivity contribution is 7.99. The number of aliphatic hydroxyl groups excluding tert-OH is 1. The van der Waals surface area contributed by atoms with Crippen molar-refractivity contribution in [1.29, 1.82) is 0 Å². The van der Waals surface area contributed by atoms with Crippen LogP contribution in [0.25, 0.3) is 0 Å². The molecule has 0 spiro atoms. The average Bonchev–Trinajstić information content (AvgIpc) is 3.16. The van der Waals surface area contributed by atoms with E-state index in [1.807, 2.05) is 22.9 Å². The highest BCUT2D eigenvalue weighted by Crippen LogP contribution is 2.32. The van der Waals surface area contributed by atoms with E-state index in [9.17, 15) is 5.11 Å². The summed E-state index contributed by atoms with van der Waals surface area (Å²) in [7, 11) is 0. The summed E-state index contributed by atoms with van der Waals surface area (Å²) in [5, 5.41) is 23.0. The van der Waals surface area contributed by atoms with Gasteiger partial charge in [-0.3, -0.25) is 0 Å². The van der Waals surface area contributed by atoms with Crippen LogP contribution in [0.5, 0.6) is 0 Å².